The molecule has 23 heavy (non-hydrogen) atoms. The summed E-state index contributed by atoms with van der Waals surface area (Å²) in [4.78, 5) is 11.0. The van der Waals surface area contributed by atoms with Gasteiger partial charge in [-0.05, 0) is 18.9 Å². The maximum absolute atomic E-state index is 6.09. The predicted octanol–water partition coefficient (Wildman–Crippen LogP) is 4.98. The largest absolute Gasteiger partial charge is 0.359 e. The van der Waals surface area contributed by atoms with E-state index in [0.717, 1.165) is 29.8 Å². The second-order valence-electron chi connectivity index (χ2n) is 6.45. The van der Waals surface area contributed by atoms with Gasteiger partial charge in [0, 0.05) is 37.6 Å². The third-order valence-electron chi connectivity index (χ3n) is 5.04. The summed E-state index contributed by atoms with van der Waals surface area (Å²) >= 11 is 9.53. The highest BCUT2D eigenvalue weighted by Gasteiger charge is 2.27. The van der Waals surface area contributed by atoms with Crippen LogP contribution in [-0.4, -0.2) is 42.1 Å². The molecule has 0 N–H and O–H groups in total. The van der Waals surface area contributed by atoms with Crippen molar-refractivity contribution in [3.8, 4) is 10.6 Å². The number of hydrogen-bond donors (Lipinski definition) is 0. The van der Waals surface area contributed by atoms with Crippen LogP contribution in [0.15, 0.2) is 17.0 Å². The third-order valence-corrected chi connectivity index (χ3v) is 7.21. The van der Waals surface area contributed by atoms with Crippen molar-refractivity contribution in [2.75, 3.05) is 31.1 Å². The van der Waals surface area contributed by atoms with E-state index >= 15 is 0 Å². The standard InChI is InChI=1S/C17H22ClN3S2/c18-13-10-15(22-11-13)16-17(23-12-19-16)21-8-6-20(7-9-21)14-4-2-1-3-5-14/h10-12,14H,1-9H2. The predicted molar refractivity (Wildman–Crippen MR) is 101 cm³/mol. The topological polar surface area (TPSA) is 19.4 Å². The molecule has 2 aliphatic rings. The molecule has 0 radical (unpaired) electrons. The van der Waals surface area contributed by atoms with E-state index in [1.54, 1.807) is 22.7 Å². The fraction of sp³-hybridized carbons (Fsp3) is 0.588. The van der Waals surface area contributed by atoms with Crippen LogP contribution in [-0.2, 0) is 0 Å². The smallest absolute Gasteiger partial charge is 0.120 e. The Kier molecular flexibility index (Phi) is 4.90. The quantitative estimate of drug-likeness (QED) is 0.762. The van der Waals surface area contributed by atoms with E-state index in [1.165, 1.54) is 55.1 Å². The maximum Gasteiger partial charge on any atom is 0.120 e. The van der Waals surface area contributed by atoms with Crippen molar-refractivity contribution in [1.82, 2.24) is 9.88 Å². The van der Waals surface area contributed by atoms with Gasteiger partial charge in [-0.25, -0.2) is 4.98 Å². The van der Waals surface area contributed by atoms with Gasteiger partial charge in [-0.1, -0.05) is 30.9 Å². The summed E-state index contributed by atoms with van der Waals surface area (Å²) in [7, 11) is 0. The Labute approximate surface area is 150 Å². The monoisotopic (exact) mass is 367 g/mol. The molecule has 2 aromatic heterocycles. The van der Waals surface area contributed by atoms with E-state index in [2.05, 4.69) is 14.8 Å². The molecule has 2 aromatic rings. The summed E-state index contributed by atoms with van der Waals surface area (Å²) in [6.07, 6.45) is 7.08. The average molecular weight is 368 g/mol. The highest BCUT2D eigenvalue weighted by atomic mass is 35.5. The normalized spacial score (nSPS) is 21.0. The van der Waals surface area contributed by atoms with E-state index in [1.807, 2.05) is 17.0 Å². The minimum Gasteiger partial charge on any atom is -0.359 e. The summed E-state index contributed by atoms with van der Waals surface area (Å²) in [5.41, 5.74) is 3.07. The van der Waals surface area contributed by atoms with E-state index < -0.39 is 0 Å². The number of piperazine rings is 1. The van der Waals surface area contributed by atoms with Gasteiger partial charge >= 0.3 is 0 Å². The SMILES string of the molecule is Clc1csc(-c2ncsc2N2CCN(C3CCCCC3)CC2)c1. The van der Waals surface area contributed by atoms with Crippen molar-refractivity contribution in [2.24, 2.45) is 0 Å². The molecular formula is C17H22ClN3S2. The lowest BCUT2D eigenvalue weighted by Crippen LogP contribution is -2.50. The molecule has 3 nitrogen and oxygen atoms in total. The van der Waals surface area contributed by atoms with Gasteiger partial charge in [-0.2, -0.15) is 0 Å². The van der Waals surface area contributed by atoms with Crippen LogP contribution in [0.1, 0.15) is 32.1 Å². The first-order valence-corrected chi connectivity index (χ1v) is 10.6. The fourth-order valence-electron chi connectivity index (χ4n) is 3.81. The molecule has 124 valence electrons. The Morgan fingerprint density at radius 3 is 2.52 bits per heavy atom. The number of aromatic nitrogens is 1. The second kappa shape index (κ2) is 7.09. The molecule has 2 fully saturated rings. The molecule has 1 saturated heterocycles. The van der Waals surface area contributed by atoms with Crippen LogP contribution in [0.25, 0.3) is 10.6 Å². The Morgan fingerprint density at radius 1 is 1.04 bits per heavy atom. The van der Waals surface area contributed by atoms with Crippen molar-refractivity contribution in [1.29, 1.82) is 0 Å². The average Bonchev–Trinajstić information content (AvgIpc) is 3.24. The number of hydrogen-bond acceptors (Lipinski definition) is 5. The van der Waals surface area contributed by atoms with Crippen LogP contribution in [0.3, 0.4) is 0 Å². The summed E-state index contributed by atoms with van der Waals surface area (Å²) in [5.74, 6) is 0. The Balaban J connectivity index is 1.44. The Bertz CT molecular complexity index is 640. The molecule has 0 bridgehead atoms. The van der Waals surface area contributed by atoms with Crippen LogP contribution < -0.4 is 4.90 Å². The van der Waals surface area contributed by atoms with Crippen LogP contribution in [0.2, 0.25) is 5.02 Å². The summed E-state index contributed by atoms with van der Waals surface area (Å²) < 4.78 is 0. The van der Waals surface area contributed by atoms with Crippen molar-refractivity contribution in [3.05, 3.63) is 22.0 Å². The molecule has 1 saturated carbocycles. The van der Waals surface area contributed by atoms with Crippen molar-refractivity contribution in [2.45, 2.75) is 38.1 Å². The van der Waals surface area contributed by atoms with Gasteiger partial charge in [0.1, 0.15) is 10.7 Å². The van der Waals surface area contributed by atoms with E-state index in [0.29, 0.717) is 0 Å². The fourth-order valence-corrected chi connectivity index (χ4v) is 5.81. The molecule has 6 heteroatoms. The van der Waals surface area contributed by atoms with Gasteiger partial charge in [0.2, 0.25) is 0 Å². The van der Waals surface area contributed by atoms with E-state index in [9.17, 15) is 0 Å². The molecule has 0 atom stereocenters. The lowest BCUT2D eigenvalue weighted by molar-refractivity contribution is 0.148. The molecule has 0 aromatic carbocycles. The zero-order valence-corrected chi connectivity index (χ0v) is 15.6. The van der Waals surface area contributed by atoms with Crippen molar-refractivity contribution >= 4 is 39.3 Å². The molecule has 0 amide bonds. The van der Waals surface area contributed by atoms with Gasteiger partial charge in [-0.3, -0.25) is 4.90 Å². The Morgan fingerprint density at radius 2 is 1.83 bits per heavy atom. The molecule has 0 unspecified atom stereocenters. The number of rotatable bonds is 3. The Hall–Kier alpha value is -0.620. The molecular weight excluding hydrogens is 346 g/mol. The first-order valence-electron chi connectivity index (χ1n) is 8.48. The van der Waals surface area contributed by atoms with Crippen LogP contribution >= 0.6 is 34.3 Å². The maximum atomic E-state index is 6.09. The minimum absolute atomic E-state index is 0.811. The zero-order valence-electron chi connectivity index (χ0n) is 13.2. The van der Waals surface area contributed by atoms with Crippen LogP contribution in [0.5, 0.6) is 0 Å². The van der Waals surface area contributed by atoms with Gasteiger partial charge in [0.25, 0.3) is 0 Å². The first kappa shape index (κ1) is 15.9. The summed E-state index contributed by atoms with van der Waals surface area (Å²) in [5, 5.41) is 4.11. The highest BCUT2D eigenvalue weighted by molar-refractivity contribution is 7.16. The molecule has 0 spiro atoms. The van der Waals surface area contributed by atoms with Crippen LogP contribution in [0, 0.1) is 0 Å². The van der Waals surface area contributed by atoms with Crippen molar-refractivity contribution < 1.29 is 0 Å². The van der Waals surface area contributed by atoms with Crippen molar-refractivity contribution in [3.63, 3.8) is 0 Å². The van der Waals surface area contributed by atoms with Gasteiger partial charge in [0.05, 0.1) is 15.4 Å². The zero-order chi connectivity index (χ0) is 15.6. The van der Waals surface area contributed by atoms with Gasteiger partial charge < -0.3 is 4.90 Å². The van der Waals surface area contributed by atoms with Crippen LogP contribution in [0.4, 0.5) is 5.00 Å². The molecule has 4 rings (SSSR count). The lowest BCUT2D eigenvalue weighted by Gasteiger charge is -2.41. The molecule has 3 heterocycles. The third kappa shape index (κ3) is 3.43. The number of halogens is 1. The number of nitrogens with zero attached hydrogens (tertiary/aromatic N) is 3. The number of anilines is 1. The second-order valence-corrected chi connectivity index (χ2v) is 8.63. The van der Waals surface area contributed by atoms with E-state index in [4.69, 9.17) is 11.6 Å². The minimum atomic E-state index is 0.811. The summed E-state index contributed by atoms with van der Waals surface area (Å²) in [6.45, 7) is 4.61. The summed E-state index contributed by atoms with van der Waals surface area (Å²) in [6, 6.07) is 2.87. The number of thiophene rings is 1. The first-order chi connectivity index (χ1) is 11.3. The highest BCUT2D eigenvalue weighted by Crippen LogP contribution is 2.38. The van der Waals surface area contributed by atoms with Gasteiger partial charge in [-0.15, -0.1) is 22.7 Å². The van der Waals surface area contributed by atoms with Gasteiger partial charge in [0.15, 0.2) is 0 Å². The van der Waals surface area contributed by atoms with E-state index in [-0.39, 0.29) is 0 Å². The molecule has 1 aliphatic carbocycles. The lowest BCUT2D eigenvalue weighted by atomic mass is 9.94. The molecule has 1 aliphatic heterocycles. The number of thiazole rings is 1.